The van der Waals surface area contributed by atoms with Gasteiger partial charge in [0.05, 0.1) is 46.2 Å². The first kappa shape index (κ1) is 25.3. The minimum Gasteiger partial charge on any atom is -0.493 e. The molecule has 174 valence electrons. The topological polar surface area (TPSA) is 87.0 Å². The van der Waals surface area contributed by atoms with Crippen LogP contribution in [0.15, 0.2) is 48.6 Å². The number of nitrogens with zero attached hydrogens (tertiary/aromatic N) is 1. The molecule has 0 aliphatic rings. The molecule has 0 spiro atoms. The zero-order valence-corrected chi connectivity index (χ0v) is 19.5. The van der Waals surface area contributed by atoms with E-state index in [0.29, 0.717) is 65.8 Å². The number of carbonyl (C=O) groups excluding carboxylic acids is 1. The summed E-state index contributed by atoms with van der Waals surface area (Å²) in [5.41, 5.74) is 2.35. The van der Waals surface area contributed by atoms with Crippen LogP contribution in [0.1, 0.15) is 30.9 Å². The second-order valence-electron chi connectivity index (χ2n) is 7.12. The average molecular weight is 452 g/mol. The maximum Gasteiger partial charge on any atom is 0.333 e. The first-order valence-corrected chi connectivity index (χ1v) is 10.4. The quantitative estimate of drug-likeness (QED) is 0.147. The van der Waals surface area contributed by atoms with Gasteiger partial charge in [-0.1, -0.05) is 12.6 Å². The summed E-state index contributed by atoms with van der Waals surface area (Å²) in [7, 11) is 4.68. The lowest BCUT2D eigenvalue weighted by atomic mass is 10.0. The van der Waals surface area contributed by atoms with Crippen LogP contribution in [0.3, 0.4) is 0 Å². The van der Waals surface area contributed by atoms with Crippen LogP contribution in [0.25, 0.3) is 11.6 Å². The lowest BCUT2D eigenvalue weighted by molar-refractivity contribution is -0.139. The van der Waals surface area contributed by atoms with E-state index in [1.807, 2.05) is 12.1 Å². The van der Waals surface area contributed by atoms with Crippen LogP contribution in [0.2, 0.25) is 0 Å². The summed E-state index contributed by atoms with van der Waals surface area (Å²) in [5.74, 6) is 1.91. The molecule has 0 unspecified atom stereocenters. The van der Waals surface area contributed by atoms with Crippen LogP contribution in [-0.2, 0) is 9.53 Å². The van der Waals surface area contributed by atoms with E-state index in [-0.39, 0.29) is 5.97 Å². The summed E-state index contributed by atoms with van der Waals surface area (Å²) in [6.45, 7) is 5.93. The van der Waals surface area contributed by atoms with Crippen LogP contribution >= 0.6 is 0 Å². The number of allylic oxidation sites excluding steroid dienone is 1. The van der Waals surface area contributed by atoms with Crippen molar-refractivity contribution < 1.29 is 28.5 Å². The molecule has 0 aliphatic carbocycles. The highest BCUT2D eigenvalue weighted by Crippen LogP contribution is 2.33. The molecule has 7 nitrogen and oxygen atoms in total. The van der Waals surface area contributed by atoms with Gasteiger partial charge in [0.15, 0.2) is 23.0 Å². The maximum absolute atomic E-state index is 11.4. The molecule has 0 aliphatic heterocycles. The Balaban J connectivity index is 2.06. The zero-order chi connectivity index (χ0) is 24.2. The van der Waals surface area contributed by atoms with Crippen molar-refractivity contribution in [3.8, 4) is 29.1 Å². The number of carbonyl (C=O) groups is 1. The Kier molecular flexibility index (Phi) is 9.84. The van der Waals surface area contributed by atoms with Crippen LogP contribution in [-0.4, -0.2) is 40.5 Å². The second kappa shape index (κ2) is 12.8. The highest BCUT2D eigenvalue weighted by atomic mass is 16.5. The molecule has 2 aromatic rings. The number of rotatable bonds is 12. The largest absolute Gasteiger partial charge is 0.493 e. The van der Waals surface area contributed by atoms with Crippen molar-refractivity contribution in [3.63, 3.8) is 0 Å². The van der Waals surface area contributed by atoms with Gasteiger partial charge in [-0.15, -0.1) is 0 Å². The lowest BCUT2D eigenvalue weighted by Gasteiger charge is -2.12. The van der Waals surface area contributed by atoms with E-state index in [0.717, 1.165) is 5.56 Å². The Morgan fingerprint density at radius 3 is 2.21 bits per heavy atom. The van der Waals surface area contributed by atoms with Gasteiger partial charge >= 0.3 is 5.97 Å². The first-order chi connectivity index (χ1) is 15.9. The first-order valence-electron chi connectivity index (χ1n) is 10.4. The van der Waals surface area contributed by atoms with Gasteiger partial charge in [0, 0.05) is 5.57 Å². The van der Waals surface area contributed by atoms with Crippen molar-refractivity contribution in [1.29, 1.82) is 5.26 Å². The van der Waals surface area contributed by atoms with Crippen molar-refractivity contribution in [2.45, 2.75) is 19.8 Å². The molecule has 0 heterocycles. The standard InChI is InChI=1S/C26H29NO6/c1-18(2)26(28)33-13-7-6-12-32-23-10-8-19(15-24(23)30-4)14-21(17-27)20-9-11-22(29-3)25(16-20)31-5/h8-11,14-16H,1,6-7,12-13H2,2-5H3/b21-14+. The Bertz CT molecular complexity index is 1050. The smallest absolute Gasteiger partial charge is 0.333 e. The number of unbranched alkanes of at least 4 members (excludes halogenated alkanes) is 1. The fourth-order valence-electron chi connectivity index (χ4n) is 2.92. The minimum absolute atomic E-state index is 0.322. The number of hydrogen-bond acceptors (Lipinski definition) is 7. The predicted octanol–water partition coefficient (Wildman–Crippen LogP) is 5.05. The van der Waals surface area contributed by atoms with Gasteiger partial charge in [-0.2, -0.15) is 5.26 Å². The van der Waals surface area contributed by atoms with Gasteiger partial charge < -0.3 is 23.7 Å². The normalized spacial score (nSPS) is 10.7. The van der Waals surface area contributed by atoms with E-state index in [2.05, 4.69) is 12.6 Å². The molecule has 7 heteroatoms. The summed E-state index contributed by atoms with van der Waals surface area (Å²) in [6.07, 6.45) is 3.16. The number of benzene rings is 2. The third kappa shape index (κ3) is 7.32. The maximum atomic E-state index is 11.4. The zero-order valence-electron chi connectivity index (χ0n) is 19.5. The molecule has 0 bridgehead atoms. The van der Waals surface area contributed by atoms with Crippen molar-refractivity contribution in [2.24, 2.45) is 0 Å². The summed E-state index contributed by atoms with van der Waals surface area (Å²) in [6, 6.07) is 13.0. The van der Waals surface area contributed by atoms with Crippen LogP contribution in [0, 0.1) is 11.3 Å². The van der Waals surface area contributed by atoms with Crippen molar-refractivity contribution in [1.82, 2.24) is 0 Å². The van der Waals surface area contributed by atoms with Crippen molar-refractivity contribution in [3.05, 3.63) is 59.7 Å². The summed E-state index contributed by atoms with van der Waals surface area (Å²) >= 11 is 0. The number of ether oxygens (including phenoxy) is 5. The van der Waals surface area contributed by atoms with E-state index in [1.54, 1.807) is 58.6 Å². The van der Waals surface area contributed by atoms with E-state index in [9.17, 15) is 10.1 Å². The predicted molar refractivity (Wildman–Crippen MR) is 127 cm³/mol. The molecule has 2 aromatic carbocycles. The molecule has 0 aromatic heterocycles. The van der Waals surface area contributed by atoms with Gasteiger partial charge in [-0.3, -0.25) is 0 Å². The highest BCUT2D eigenvalue weighted by Gasteiger charge is 2.10. The third-order valence-electron chi connectivity index (χ3n) is 4.69. The highest BCUT2D eigenvalue weighted by molar-refractivity contribution is 5.90. The Labute approximate surface area is 194 Å². The van der Waals surface area contributed by atoms with E-state index >= 15 is 0 Å². The van der Waals surface area contributed by atoms with E-state index in [4.69, 9.17) is 23.7 Å². The fraction of sp³-hybridized carbons (Fsp3) is 0.308. The summed E-state index contributed by atoms with van der Waals surface area (Å²) in [4.78, 5) is 11.4. The third-order valence-corrected chi connectivity index (χ3v) is 4.69. The van der Waals surface area contributed by atoms with E-state index < -0.39 is 0 Å². The van der Waals surface area contributed by atoms with E-state index in [1.165, 1.54) is 0 Å². The molecule has 0 N–H and O–H groups in total. The Morgan fingerprint density at radius 1 is 0.939 bits per heavy atom. The SMILES string of the molecule is C=C(C)C(=O)OCCCCOc1ccc(/C=C(\C#N)c2ccc(OC)c(OC)c2)cc1OC. The van der Waals surface area contributed by atoms with Gasteiger partial charge in [-0.25, -0.2) is 4.79 Å². The fourth-order valence-corrected chi connectivity index (χ4v) is 2.92. The molecule has 0 saturated heterocycles. The molecule has 0 atom stereocenters. The molecule has 0 saturated carbocycles. The summed E-state index contributed by atoms with van der Waals surface area (Å²) in [5, 5.41) is 9.68. The number of esters is 1. The molecular weight excluding hydrogens is 422 g/mol. The van der Waals surface area contributed by atoms with Crippen LogP contribution < -0.4 is 18.9 Å². The minimum atomic E-state index is -0.383. The Hall–Kier alpha value is -3.92. The van der Waals surface area contributed by atoms with Gasteiger partial charge in [-0.05, 0) is 67.3 Å². The molecule has 0 amide bonds. The van der Waals surface area contributed by atoms with Gasteiger partial charge in [0.2, 0.25) is 0 Å². The van der Waals surface area contributed by atoms with Crippen molar-refractivity contribution >= 4 is 17.6 Å². The van der Waals surface area contributed by atoms with Crippen molar-refractivity contribution in [2.75, 3.05) is 34.5 Å². The summed E-state index contributed by atoms with van der Waals surface area (Å²) < 4.78 is 26.9. The molecular formula is C26H29NO6. The van der Waals surface area contributed by atoms with Gasteiger partial charge in [0.1, 0.15) is 0 Å². The second-order valence-corrected chi connectivity index (χ2v) is 7.12. The van der Waals surface area contributed by atoms with Crippen LogP contribution in [0.4, 0.5) is 0 Å². The monoisotopic (exact) mass is 451 g/mol. The Morgan fingerprint density at radius 2 is 1.58 bits per heavy atom. The number of methoxy groups -OCH3 is 3. The molecule has 33 heavy (non-hydrogen) atoms. The lowest BCUT2D eigenvalue weighted by Crippen LogP contribution is -2.07. The number of nitriles is 1. The number of hydrogen-bond donors (Lipinski definition) is 0. The molecule has 2 rings (SSSR count). The molecule has 0 radical (unpaired) electrons. The van der Waals surface area contributed by atoms with Crippen LogP contribution in [0.5, 0.6) is 23.0 Å². The average Bonchev–Trinajstić information content (AvgIpc) is 2.84. The molecule has 0 fully saturated rings. The van der Waals surface area contributed by atoms with Gasteiger partial charge in [0.25, 0.3) is 0 Å².